The molecule has 2 aromatic heterocycles. The largest absolute Gasteiger partial charge is 0.475 e. The molecule has 3 rings (SSSR count). The van der Waals surface area contributed by atoms with Gasteiger partial charge in [-0.05, 0) is 18.1 Å². The second kappa shape index (κ2) is 5.40. The number of hydrogen-bond donors (Lipinski definition) is 1. The highest BCUT2D eigenvalue weighted by Crippen LogP contribution is 2.32. The lowest BCUT2D eigenvalue weighted by molar-refractivity contribution is 0.0663. The molecule has 0 fully saturated rings. The number of hydrogen-bond acceptors (Lipinski definition) is 5. The minimum absolute atomic E-state index is 0. The predicted molar refractivity (Wildman–Crippen MR) is 74.8 cm³/mol. The van der Waals surface area contributed by atoms with Crippen LogP contribution in [-0.4, -0.2) is 22.6 Å². The van der Waals surface area contributed by atoms with Crippen molar-refractivity contribution in [2.24, 2.45) is 0 Å². The van der Waals surface area contributed by atoms with E-state index in [4.69, 9.17) is 21.1 Å². The SMILES string of the molecule is Cl.O=C(O)c1cnc(N2CCc3sc(Cl)cc3C2)o1. The van der Waals surface area contributed by atoms with Gasteiger partial charge in [-0.15, -0.1) is 23.7 Å². The molecule has 8 heteroatoms. The van der Waals surface area contributed by atoms with Crippen LogP contribution in [0, 0.1) is 0 Å². The molecule has 2 aromatic rings. The summed E-state index contributed by atoms with van der Waals surface area (Å²) in [6.45, 7) is 1.40. The monoisotopic (exact) mass is 320 g/mol. The van der Waals surface area contributed by atoms with Crippen molar-refractivity contribution < 1.29 is 14.3 Å². The molecular formula is C11H10Cl2N2O3S. The summed E-state index contributed by atoms with van der Waals surface area (Å²) in [4.78, 5) is 17.9. The first kappa shape index (κ1) is 14.2. The van der Waals surface area contributed by atoms with Crippen LogP contribution in [0.2, 0.25) is 4.34 Å². The van der Waals surface area contributed by atoms with E-state index in [1.807, 2.05) is 11.0 Å². The highest BCUT2D eigenvalue weighted by Gasteiger charge is 2.23. The van der Waals surface area contributed by atoms with E-state index in [9.17, 15) is 4.79 Å². The van der Waals surface area contributed by atoms with Gasteiger partial charge in [-0.25, -0.2) is 9.78 Å². The summed E-state index contributed by atoms with van der Waals surface area (Å²) in [5.41, 5.74) is 1.16. The third-order valence-corrected chi connectivity index (χ3v) is 4.18. The van der Waals surface area contributed by atoms with Gasteiger partial charge < -0.3 is 14.4 Å². The maximum Gasteiger partial charge on any atom is 0.373 e. The lowest BCUT2D eigenvalue weighted by Gasteiger charge is -2.24. The smallest absolute Gasteiger partial charge is 0.373 e. The molecule has 19 heavy (non-hydrogen) atoms. The van der Waals surface area contributed by atoms with Crippen molar-refractivity contribution in [1.82, 2.24) is 4.98 Å². The molecular weight excluding hydrogens is 311 g/mol. The van der Waals surface area contributed by atoms with Gasteiger partial charge in [0.15, 0.2) is 0 Å². The molecule has 0 bridgehead atoms. The van der Waals surface area contributed by atoms with E-state index < -0.39 is 5.97 Å². The summed E-state index contributed by atoms with van der Waals surface area (Å²) in [6, 6.07) is 2.29. The van der Waals surface area contributed by atoms with Crippen LogP contribution in [0.15, 0.2) is 16.7 Å². The van der Waals surface area contributed by atoms with E-state index in [2.05, 4.69) is 4.98 Å². The Bertz CT molecular complexity index is 611. The van der Waals surface area contributed by atoms with Gasteiger partial charge in [0.05, 0.1) is 10.5 Å². The Kier molecular flexibility index (Phi) is 4.03. The zero-order valence-electron chi connectivity index (χ0n) is 9.63. The lowest BCUT2D eigenvalue weighted by atomic mass is 10.1. The summed E-state index contributed by atoms with van der Waals surface area (Å²) in [5.74, 6) is -1.25. The van der Waals surface area contributed by atoms with Crippen molar-refractivity contribution in [3.63, 3.8) is 0 Å². The molecule has 0 saturated heterocycles. The van der Waals surface area contributed by atoms with Crippen molar-refractivity contribution in [2.75, 3.05) is 11.4 Å². The van der Waals surface area contributed by atoms with Gasteiger partial charge in [0, 0.05) is 18.0 Å². The zero-order valence-corrected chi connectivity index (χ0v) is 12.0. The molecule has 0 radical (unpaired) electrons. The quantitative estimate of drug-likeness (QED) is 0.921. The Morgan fingerprint density at radius 3 is 3.05 bits per heavy atom. The van der Waals surface area contributed by atoms with Crippen LogP contribution < -0.4 is 4.90 Å². The van der Waals surface area contributed by atoms with Crippen LogP contribution in [0.3, 0.4) is 0 Å². The van der Waals surface area contributed by atoms with Gasteiger partial charge in [-0.2, -0.15) is 0 Å². The number of fused-ring (bicyclic) bond motifs is 1. The second-order valence-corrected chi connectivity index (χ2v) is 5.75. The lowest BCUT2D eigenvalue weighted by Crippen LogP contribution is -2.29. The number of rotatable bonds is 2. The van der Waals surface area contributed by atoms with Crippen LogP contribution in [-0.2, 0) is 13.0 Å². The summed E-state index contributed by atoms with van der Waals surface area (Å²) in [7, 11) is 0. The van der Waals surface area contributed by atoms with E-state index in [-0.39, 0.29) is 18.2 Å². The topological polar surface area (TPSA) is 66.6 Å². The van der Waals surface area contributed by atoms with Crippen LogP contribution in [0.5, 0.6) is 0 Å². The number of anilines is 1. The normalized spacial score (nSPS) is 13.8. The number of carbonyl (C=O) groups is 1. The predicted octanol–water partition coefficient (Wildman–Crippen LogP) is 3.07. The third-order valence-electron chi connectivity index (χ3n) is 2.81. The molecule has 0 aromatic carbocycles. The Labute approximate surface area is 124 Å². The van der Waals surface area contributed by atoms with Gasteiger partial charge >= 0.3 is 5.97 Å². The molecule has 1 aliphatic heterocycles. The van der Waals surface area contributed by atoms with Crippen molar-refractivity contribution in [2.45, 2.75) is 13.0 Å². The van der Waals surface area contributed by atoms with Crippen molar-refractivity contribution >= 4 is 47.3 Å². The van der Waals surface area contributed by atoms with Gasteiger partial charge in [-0.1, -0.05) is 11.6 Å². The summed E-state index contributed by atoms with van der Waals surface area (Å²) in [5, 5.41) is 8.79. The van der Waals surface area contributed by atoms with Gasteiger partial charge in [0.25, 0.3) is 6.01 Å². The minimum atomic E-state index is -1.11. The van der Waals surface area contributed by atoms with Crippen LogP contribution in [0.25, 0.3) is 0 Å². The molecule has 0 amide bonds. The fraction of sp³-hybridized carbons (Fsp3) is 0.273. The van der Waals surface area contributed by atoms with E-state index in [1.165, 1.54) is 11.1 Å². The third kappa shape index (κ3) is 2.70. The first-order chi connectivity index (χ1) is 8.63. The molecule has 3 heterocycles. The van der Waals surface area contributed by atoms with Gasteiger partial charge in [0.1, 0.15) is 0 Å². The number of nitrogens with zero attached hydrogens (tertiary/aromatic N) is 2. The number of aromatic carboxylic acids is 1. The van der Waals surface area contributed by atoms with E-state index in [0.717, 1.165) is 22.9 Å². The zero-order chi connectivity index (χ0) is 12.7. The second-order valence-electron chi connectivity index (χ2n) is 3.98. The van der Waals surface area contributed by atoms with Crippen molar-refractivity contribution in [3.8, 4) is 0 Å². The Morgan fingerprint density at radius 2 is 2.37 bits per heavy atom. The number of aromatic nitrogens is 1. The molecule has 1 aliphatic rings. The summed E-state index contributed by atoms with van der Waals surface area (Å²) in [6.07, 6.45) is 2.10. The number of carboxylic acids is 1. The van der Waals surface area contributed by atoms with Crippen LogP contribution >= 0.6 is 35.3 Å². The molecule has 0 spiro atoms. The fourth-order valence-corrected chi connectivity index (χ4v) is 3.27. The molecule has 0 unspecified atom stereocenters. The average molecular weight is 321 g/mol. The summed E-state index contributed by atoms with van der Waals surface area (Å²) < 4.78 is 5.97. The fourth-order valence-electron chi connectivity index (χ4n) is 1.97. The molecule has 0 atom stereocenters. The van der Waals surface area contributed by atoms with Crippen molar-refractivity contribution in [3.05, 3.63) is 32.8 Å². The number of oxazole rings is 1. The van der Waals surface area contributed by atoms with Gasteiger partial charge in [-0.3, -0.25) is 0 Å². The standard InChI is InChI=1S/C11H9ClN2O3S.ClH/c12-9-3-6-5-14(2-1-8(6)18-9)11-13-4-7(17-11)10(15)16;/h3-4H,1-2,5H2,(H,15,16);1H. The van der Waals surface area contributed by atoms with Crippen LogP contribution in [0.1, 0.15) is 21.0 Å². The summed E-state index contributed by atoms with van der Waals surface area (Å²) >= 11 is 7.56. The Balaban J connectivity index is 0.00000133. The van der Waals surface area contributed by atoms with E-state index in [0.29, 0.717) is 12.6 Å². The highest BCUT2D eigenvalue weighted by molar-refractivity contribution is 7.16. The average Bonchev–Trinajstić information content (AvgIpc) is 2.91. The van der Waals surface area contributed by atoms with Gasteiger partial charge in [0.2, 0.25) is 5.76 Å². The Morgan fingerprint density at radius 1 is 1.58 bits per heavy atom. The molecule has 0 aliphatic carbocycles. The maximum absolute atomic E-state index is 10.7. The minimum Gasteiger partial charge on any atom is -0.475 e. The number of carboxylic acid groups (broad SMARTS) is 1. The molecule has 0 saturated carbocycles. The highest BCUT2D eigenvalue weighted by atomic mass is 35.5. The van der Waals surface area contributed by atoms with E-state index >= 15 is 0 Å². The Hall–Kier alpha value is -1.24. The maximum atomic E-state index is 10.7. The number of halogens is 2. The van der Waals surface area contributed by atoms with Crippen LogP contribution in [0.4, 0.5) is 6.01 Å². The molecule has 102 valence electrons. The molecule has 1 N–H and O–H groups in total. The van der Waals surface area contributed by atoms with E-state index in [1.54, 1.807) is 11.3 Å². The first-order valence-electron chi connectivity index (χ1n) is 5.34. The first-order valence-corrected chi connectivity index (χ1v) is 6.54. The molecule has 5 nitrogen and oxygen atoms in total. The number of thiophene rings is 1. The van der Waals surface area contributed by atoms with Crippen molar-refractivity contribution in [1.29, 1.82) is 0 Å².